The first-order chi connectivity index (χ1) is 17.4. The largest absolute Gasteiger partial charge is 0.423 e. The van der Waals surface area contributed by atoms with E-state index in [1.165, 1.54) is 12.1 Å². The van der Waals surface area contributed by atoms with Gasteiger partial charge in [0.05, 0.1) is 5.02 Å². The molecule has 9 heteroatoms. The number of aromatic nitrogens is 1. The molecule has 36 heavy (non-hydrogen) atoms. The number of nitrogens with zero attached hydrogens (tertiary/aromatic N) is 3. The zero-order valence-corrected chi connectivity index (χ0v) is 20.8. The lowest BCUT2D eigenvalue weighted by molar-refractivity contribution is 0.215. The zero-order chi connectivity index (χ0) is 25.2. The molecule has 0 atom stereocenters. The quantitative estimate of drug-likeness (QED) is 0.335. The number of ether oxygens (including phenoxy) is 1. The monoisotopic (exact) mass is 508 g/mol. The molecule has 1 amide bonds. The standard InChI is InChI=1S/C27H26ClFN4O3/c1-32-13-11-20(12-14-32)33(2)26-31-24-16-19(6-10-25(24)36-26)30-27(34)35-21-7-3-17(4-8-21)22-9-5-18(29)15-23(22)28/h3-10,15-16,20H,11-14H2,1-2H3,(H,30,34). The molecule has 0 spiro atoms. The molecule has 4 aromatic rings. The van der Waals surface area contributed by atoms with Crippen LogP contribution in [-0.2, 0) is 0 Å². The molecule has 1 aliphatic heterocycles. The Balaban J connectivity index is 1.23. The summed E-state index contributed by atoms with van der Waals surface area (Å²) in [5.74, 6) is -0.0382. The Morgan fingerprint density at radius 1 is 1.14 bits per heavy atom. The van der Waals surface area contributed by atoms with Crippen LogP contribution in [0.15, 0.2) is 65.1 Å². The summed E-state index contributed by atoms with van der Waals surface area (Å²) in [6.45, 7) is 2.10. The minimum atomic E-state index is -0.630. The van der Waals surface area contributed by atoms with E-state index in [0.29, 0.717) is 45.2 Å². The van der Waals surface area contributed by atoms with E-state index in [1.807, 2.05) is 7.05 Å². The maximum Gasteiger partial charge on any atom is 0.417 e. The fourth-order valence-electron chi connectivity index (χ4n) is 4.36. The molecule has 7 nitrogen and oxygen atoms in total. The number of carbonyl (C=O) groups is 1. The number of rotatable bonds is 5. The van der Waals surface area contributed by atoms with Gasteiger partial charge in [0.15, 0.2) is 5.58 Å². The summed E-state index contributed by atoms with van der Waals surface area (Å²) in [4.78, 5) is 21.5. The minimum absolute atomic E-state index is 0.311. The van der Waals surface area contributed by atoms with Crippen molar-refractivity contribution in [1.82, 2.24) is 9.88 Å². The predicted octanol–water partition coefficient (Wildman–Crippen LogP) is 6.43. The number of benzene rings is 3. The second kappa shape index (κ2) is 10.2. The number of fused-ring (bicyclic) bond motifs is 1. The minimum Gasteiger partial charge on any atom is -0.423 e. The maximum atomic E-state index is 13.3. The van der Waals surface area contributed by atoms with Gasteiger partial charge in [-0.05, 0) is 87.1 Å². The van der Waals surface area contributed by atoms with Gasteiger partial charge >= 0.3 is 6.09 Å². The number of halogens is 2. The number of likely N-dealkylation sites (tertiary alicyclic amines) is 1. The summed E-state index contributed by atoms with van der Waals surface area (Å²) in [7, 11) is 4.14. The number of hydrogen-bond acceptors (Lipinski definition) is 6. The van der Waals surface area contributed by atoms with Gasteiger partial charge in [-0.25, -0.2) is 9.18 Å². The van der Waals surface area contributed by atoms with Crippen LogP contribution in [0.25, 0.3) is 22.2 Å². The molecule has 3 aromatic carbocycles. The molecule has 5 rings (SSSR count). The molecule has 1 saturated heterocycles. The predicted molar refractivity (Wildman–Crippen MR) is 139 cm³/mol. The van der Waals surface area contributed by atoms with Crippen molar-refractivity contribution in [3.63, 3.8) is 0 Å². The SMILES string of the molecule is CN1CCC(N(C)c2nc3cc(NC(=O)Oc4ccc(-c5ccc(F)cc5Cl)cc4)ccc3o2)CC1. The number of anilines is 2. The molecule has 0 bridgehead atoms. The van der Waals surface area contributed by atoms with Crippen molar-refractivity contribution in [3.05, 3.63) is 71.5 Å². The summed E-state index contributed by atoms with van der Waals surface area (Å²) in [5.41, 5.74) is 3.33. The Morgan fingerprint density at radius 3 is 2.61 bits per heavy atom. The van der Waals surface area contributed by atoms with E-state index in [1.54, 1.807) is 48.5 Å². The van der Waals surface area contributed by atoms with Gasteiger partial charge in [0.2, 0.25) is 0 Å². The Labute approximate surface area is 213 Å². The Bertz CT molecular complexity index is 1380. The lowest BCUT2D eigenvalue weighted by Gasteiger charge is -2.34. The van der Waals surface area contributed by atoms with Gasteiger partial charge in [0, 0.05) is 24.3 Å². The second-order valence-corrected chi connectivity index (χ2v) is 9.39. The summed E-state index contributed by atoms with van der Waals surface area (Å²) in [6, 6.07) is 17.3. The molecule has 186 valence electrons. The zero-order valence-electron chi connectivity index (χ0n) is 20.0. The van der Waals surface area contributed by atoms with Crippen LogP contribution in [-0.4, -0.2) is 49.2 Å². The average Bonchev–Trinajstić information content (AvgIpc) is 3.28. The van der Waals surface area contributed by atoms with Crippen LogP contribution in [0, 0.1) is 5.82 Å². The molecule has 1 aliphatic rings. The van der Waals surface area contributed by atoms with E-state index < -0.39 is 11.9 Å². The van der Waals surface area contributed by atoms with E-state index in [-0.39, 0.29) is 0 Å². The normalized spacial score (nSPS) is 14.7. The van der Waals surface area contributed by atoms with Gasteiger partial charge in [-0.1, -0.05) is 23.7 Å². The van der Waals surface area contributed by atoms with Crippen LogP contribution in [0.2, 0.25) is 5.02 Å². The molecule has 0 radical (unpaired) electrons. The molecule has 2 heterocycles. The summed E-state index contributed by atoms with van der Waals surface area (Å²) >= 11 is 6.13. The van der Waals surface area contributed by atoms with E-state index in [0.717, 1.165) is 31.5 Å². The highest BCUT2D eigenvalue weighted by molar-refractivity contribution is 6.33. The van der Waals surface area contributed by atoms with E-state index >= 15 is 0 Å². The van der Waals surface area contributed by atoms with Gasteiger partial charge in [-0.2, -0.15) is 4.98 Å². The summed E-state index contributed by atoms with van der Waals surface area (Å²) < 4.78 is 24.7. The van der Waals surface area contributed by atoms with Crippen molar-refractivity contribution in [3.8, 4) is 16.9 Å². The fourth-order valence-corrected chi connectivity index (χ4v) is 4.64. The van der Waals surface area contributed by atoms with Crippen molar-refractivity contribution < 1.29 is 18.3 Å². The van der Waals surface area contributed by atoms with E-state index in [2.05, 4.69) is 27.1 Å². The van der Waals surface area contributed by atoms with Crippen molar-refractivity contribution in [1.29, 1.82) is 0 Å². The maximum absolute atomic E-state index is 13.3. The third-order valence-electron chi connectivity index (χ3n) is 6.47. The molecule has 0 saturated carbocycles. The van der Waals surface area contributed by atoms with E-state index in [4.69, 9.17) is 20.8 Å². The third kappa shape index (κ3) is 5.29. The topological polar surface area (TPSA) is 70.8 Å². The Kier molecular flexibility index (Phi) is 6.80. The van der Waals surface area contributed by atoms with Crippen LogP contribution in [0.3, 0.4) is 0 Å². The van der Waals surface area contributed by atoms with E-state index in [9.17, 15) is 9.18 Å². The number of oxazole rings is 1. The first kappa shape index (κ1) is 24.1. The first-order valence-corrected chi connectivity index (χ1v) is 12.1. The highest BCUT2D eigenvalue weighted by Gasteiger charge is 2.24. The number of nitrogens with one attached hydrogen (secondary N) is 1. The lowest BCUT2D eigenvalue weighted by atomic mass is 10.0. The van der Waals surface area contributed by atoms with Gasteiger partial charge in [0.25, 0.3) is 6.01 Å². The number of hydrogen-bond donors (Lipinski definition) is 1. The van der Waals surface area contributed by atoms with Crippen molar-refractivity contribution in [2.24, 2.45) is 0 Å². The summed E-state index contributed by atoms with van der Waals surface area (Å²) in [5, 5.41) is 3.04. The molecule has 1 fully saturated rings. The molecule has 1 aromatic heterocycles. The van der Waals surface area contributed by atoms with Gasteiger partial charge in [-0.15, -0.1) is 0 Å². The van der Waals surface area contributed by atoms with Crippen molar-refractivity contribution >= 4 is 40.5 Å². The molecule has 0 unspecified atom stereocenters. The van der Waals surface area contributed by atoms with Crippen molar-refractivity contribution in [2.75, 3.05) is 37.4 Å². The Hall–Kier alpha value is -3.62. The third-order valence-corrected chi connectivity index (χ3v) is 6.78. The average molecular weight is 509 g/mol. The summed E-state index contributed by atoms with van der Waals surface area (Å²) in [6.07, 6.45) is 1.49. The Morgan fingerprint density at radius 2 is 1.89 bits per heavy atom. The first-order valence-electron chi connectivity index (χ1n) is 11.7. The number of piperidine rings is 1. The second-order valence-electron chi connectivity index (χ2n) is 8.99. The van der Waals surface area contributed by atoms with Crippen LogP contribution < -0.4 is 15.0 Å². The fraction of sp³-hybridized carbons (Fsp3) is 0.259. The highest BCUT2D eigenvalue weighted by atomic mass is 35.5. The highest BCUT2D eigenvalue weighted by Crippen LogP contribution is 2.30. The van der Waals surface area contributed by atoms with Crippen LogP contribution in [0.4, 0.5) is 20.9 Å². The smallest absolute Gasteiger partial charge is 0.417 e. The number of amides is 1. The van der Waals surface area contributed by atoms with Crippen molar-refractivity contribution in [2.45, 2.75) is 18.9 Å². The van der Waals surface area contributed by atoms with Gasteiger partial charge in [0.1, 0.15) is 17.1 Å². The van der Waals surface area contributed by atoms with Crippen LogP contribution in [0.5, 0.6) is 5.75 Å². The lowest BCUT2D eigenvalue weighted by Crippen LogP contribution is -2.42. The molecule has 1 N–H and O–H groups in total. The number of carbonyl (C=O) groups excluding carboxylic acids is 1. The van der Waals surface area contributed by atoms with Gasteiger partial charge < -0.3 is 19.0 Å². The van der Waals surface area contributed by atoms with Gasteiger partial charge in [-0.3, -0.25) is 5.32 Å². The molecular weight excluding hydrogens is 483 g/mol. The van der Waals surface area contributed by atoms with Crippen LogP contribution in [0.1, 0.15) is 12.8 Å². The molecular formula is C27H26ClFN4O3. The van der Waals surface area contributed by atoms with Crippen LogP contribution >= 0.6 is 11.6 Å². The molecule has 0 aliphatic carbocycles.